The fraction of sp³-hybridized carbons (Fsp3) is 0.105. The van der Waals surface area contributed by atoms with Gasteiger partial charge in [-0.3, -0.25) is 14.3 Å². The Hall–Kier alpha value is -2.83. The van der Waals surface area contributed by atoms with Gasteiger partial charge >= 0.3 is 0 Å². The lowest BCUT2D eigenvalue weighted by Crippen LogP contribution is -2.24. The van der Waals surface area contributed by atoms with Gasteiger partial charge in [0, 0.05) is 27.6 Å². The van der Waals surface area contributed by atoms with Crippen LogP contribution in [0.4, 0.5) is 11.4 Å². The molecular formula is C19H16Cl2N4O2. The molecule has 0 saturated heterocycles. The standard InChI is InChI=1S/C19H16Cl2N4O2/c1-12(18(26)22-15-6-2-13(20)3-7-15)25-11-10-17(24-25)19(27)23-16-8-4-14(21)5-9-16/h2-12H,1H3,(H,22,26)(H,23,27). The van der Waals surface area contributed by atoms with E-state index in [1.807, 2.05) is 0 Å². The zero-order valence-electron chi connectivity index (χ0n) is 14.3. The lowest BCUT2D eigenvalue weighted by Gasteiger charge is -2.12. The van der Waals surface area contributed by atoms with E-state index in [1.165, 1.54) is 4.68 Å². The Labute approximate surface area is 166 Å². The zero-order valence-corrected chi connectivity index (χ0v) is 15.8. The predicted molar refractivity (Wildman–Crippen MR) is 106 cm³/mol. The zero-order chi connectivity index (χ0) is 19.4. The summed E-state index contributed by atoms with van der Waals surface area (Å²) in [4.78, 5) is 24.7. The average Bonchev–Trinajstić information content (AvgIpc) is 3.15. The monoisotopic (exact) mass is 402 g/mol. The molecule has 3 aromatic rings. The number of carbonyl (C=O) groups is 2. The molecule has 0 saturated carbocycles. The summed E-state index contributed by atoms with van der Waals surface area (Å²) in [7, 11) is 0. The molecule has 0 aliphatic rings. The summed E-state index contributed by atoms with van der Waals surface area (Å²) < 4.78 is 1.43. The van der Waals surface area contributed by atoms with Crippen LogP contribution in [0.15, 0.2) is 60.8 Å². The van der Waals surface area contributed by atoms with Crippen molar-refractivity contribution in [2.45, 2.75) is 13.0 Å². The van der Waals surface area contributed by atoms with Crippen molar-refractivity contribution in [3.8, 4) is 0 Å². The number of carbonyl (C=O) groups excluding carboxylic acids is 2. The Morgan fingerprint density at radius 1 is 0.889 bits per heavy atom. The van der Waals surface area contributed by atoms with Crippen molar-refractivity contribution in [3.05, 3.63) is 76.5 Å². The largest absolute Gasteiger partial charge is 0.324 e. The molecule has 2 aromatic carbocycles. The second-order valence-corrected chi connectivity index (χ2v) is 6.69. The van der Waals surface area contributed by atoms with Gasteiger partial charge in [0.25, 0.3) is 5.91 Å². The van der Waals surface area contributed by atoms with Crippen LogP contribution in [0.25, 0.3) is 0 Å². The highest BCUT2D eigenvalue weighted by Gasteiger charge is 2.18. The van der Waals surface area contributed by atoms with Gasteiger partial charge in [0.15, 0.2) is 5.69 Å². The Morgan fingerprint density at radius 2 is 1.41 bits per heavy atom. The van der Waals surface area contributed by atoms with Crippen molar-refractivity contribution < 1.29 is 9.59 Å². The molecule has 0 fully saturated rings. The van der Waals surface area contributed by atoms with E-state index in [4.69, 9.17) is 23.2 Å². The molecule has 0 aliphatic heterocycles. The number of halogens is 2. The summed E-state index contributed by atoms with van der Waals surface area (Å²) in [6, 6.07) is 14.5. The van der Waals surface area contributed by atoms with Gasteiger partial charge < -0.3 is 10.6 Å². The van der Waals surface area contributed by atoms with Crippen LogP contribution < -0.4 is 10.6 Å². The summed E-state index contributed by atoms with van der Waals surface area (Å²) in [5, 5.41) is 10.9. The van der Waals surface area contributed by atoms with E-state index in [0.717, 1.165) is 0 Å². The molecule has 138 valence electrons. The van der Waals surface area contributed by atoms with E-state index in [9.17, 15) is 9.59 Å². The first-order chi connectivity index (χ1) is 12.9. The molecule has 1 heterocycles. The van der Waals surface area contributed by atoms with Crippen LogP contribution in [0.3, 0.4) is 0 Å². The average molecular weight is 403 g/mol. The predicted octanol–water partition coefficient (Wildman–Crippen LogP) is 4.64. The highest BCUT2D eigenvalue weighted by atomic mass is 35.5. The normalized spacial score (nSPS) is 11.7. The topological polar surface area (TPSA) is 76.0 Å². The van der Waals surface area contributed by atoms with Crippen molar-refractivity contribution >= 4 is 46.4 Å². The molecular weight excluding hydrogens is 387 g/mol. The highest BCUT2D eigenvalue weighted by Crippen LogP contribution is 2.17. The van der Waals surface area contributed by atoms with Crippen LogP contribution >= 0.6 is 23.2 Å². The molecule has 2 N–H and O–H groups in total. The summed E-state index contributed by atoms with van der Waals surface area (Å²) in [5.41, 5.74) is 1.44. The van der Waals surface area contributed by atoms with Crippen LogP contribution in [-0.4, -0.2) is 21.6 Å². The first kappa shape index (κ1) is 18.9. The molecule has 1 atom stereocenters. The minimum atomic E-state index is -0.599. The molecule has 0 aliphatic carbocycles. The fourth-order valence-corrected chi connectivity index (χ4v) is 2.56. The van der Waals surface area contributed by atoms with Gasteiger partial charge in [-0.05, 0) is 61.5 Å². The number of rotatable bonds is 5. The lowest BCUT2D eigenvalue weighted by molar-refractivity contribution is -0.119. The lowest BCUT2D eigenvalue weighted by atomic mass is 10.2. The van der Waals surface area contributed by atoms with Crippen molar-refractivity contribution in [3.63, 3.8) is 0 Å². The van der Waals surface area contributed by atoms with Gasteiger partial charge in [0.1, 0.15) is 6.04 Å². The Kier molecular flexibility index (Phi) is 5.78. The smallest absolute Gasteiger partial charge is 0.276 e. The molecule has 6 nitrogen and oxygen atoms in total. The van der Waals surface area contributed by atoms with E-state index >= 15 is 0 Å². The van der Waals surface area contributed by atoms with Crippen LogP contribution in [0.1, 0.15) is 23.5 Å². The van der Waals surface area contributed by atoms with Crippen LogP contribution in [0, 0.1) is 0 Å². The number of anilines is 2. The number of hydrogen-bond acceptors (Lipinski definition) is 3. The number of aromatic nitrogens is 2. The first-order valence-corrected chi connectivity index (χ1v) is 8.86. The summed E-state index contributed by atoms with van der Waals surface area (Å²) in [6.07, 6.45) is 1.59. The van der Waals surface area contributed by atoms with Gasteiger partial charge in [0.2, 0.25) is 5.91 Å². The Balaban J connectivity index is 1.64. The van der Waals surface area contributed by atoms with Crippen molar-refractivity contribution in [1.29, 1.82) is 0 Å². The second kappa shape index (κ2) is 8.24. The highest BCUT2D eigenvalue weighted by molar-refractivity contribution is 6.31. The quantitative estimate of drug-likeness (QED) is 0.652. The molecule has 27 heavy (non-hydrogen) atoms. The van der Waals surface area contributed by atoms with Gasteiger partial charge in [0.05, 0.1) is 0 Å². The van der Waals surface area contributed by atoms with Gasteiger partial charge in [-0.2, -0.15) is 5.10 Å². The van der Waals surface area contributed by atoms with Crippen LogP contribution in [-0.2, 0) is 4.79 Å². The van der Waals surface area contributed by atoms with Crippen molar-refractivity contribution in [2.75, 3.05) is 10.6 Å². The van der Waals surface area contributed by atoms with E-state index in [1.54, 1.807) is 67.7 Å². The maximum Gasteiger partial charge on any atom is 0.276 e. The maximum atomic E-state index is 12.4. The van der Waals surface area contributed by atoms with Crippen LogP contribution in [0.2, 0.25) is 10.0 Å². The van der Waals surface area contributed by atoms with Crippen molar-refractivity contribution in [2.24, 2.45) is 0 Å². The minimum absolute atomic E-state index is 0.205. The summed E-state index contributed by atoms with van der Waals surface area (Å²) >= 11 is 11.7. The minimum Gasteiger partial charge on any atom is -0.324 e. The molecule has 3 rings (SSSR count). The maximum absolute atomic E-state index is 12.4. The first-order valence-electron chi connectivity index (χ1n) is 8.11. The molecule has 0 radical (unpaired) electrons. The molecule has 0 spiro atoms. The van der Waals surface area contributed by atoms with E-state index < -0.39 is 6.04 Å². The number of nitrogens with zero attached hydrogens (tertiary/aromatic N) is 2. The molecule has 1 unspecified atom stereocenters. The van der Waals surface area contributed by atoms with E-state index in [0.29, 0.717) is 21.4 Å². The Morgan fingerprint density at radius 3 is 1.96 bits per heavy atom. The molecule has 2 amide bonds. The third kappa shape index (κ3) is 4.87. The number of amides is 2. The number of hydrogen-bond donors (Lipinski definition) is 2. The Bertz CT molecular complexity index is 953. The SMILES string of the molecule is CC(C(=O)Nc1ccc(Cl)cc1)n1ccc(C(=O)Nc2ccc(Cl)cc2)n1. The molecule has 8 heteroatoms. The second-order valence-electron chi connectivity index (χ2n) is 5.81. The van der Waals surface area contributed by atoms with E-state index in [2.05, 4.69) is 15.7 Å². The number of nitrogens with one attached hydrogen (secondary N) is 2. The van der Waals surface area contributed by atoms with Gasteiger partial charge in [-0.1, -0.05) is 23.2 Å². The van der Waals surface area contributed by atoms with Gasteiger partial charge in [-0.15, -0.1) is 0 Å². The number of benzene rings is 2. The fourth-order valence-electron chi connectivity index (χ4n) is 2.30. The third-order valence-corrected chi connectivity index (χ3v) is 4.34. The van der Waals surface area contributed by atoms with Crippen molar-refractivity contribution in [1.82, 2.24) is 9.78 Å². The molecule has 0 bridgehead atoms. The van der Waals surface area contributed by atoms with Crippen LogP contribution in [0.5, 0.6) is 0 Å². The molecule has 1 aromatic heterocycles. The van der Waals surface area contributed by atoms with Gasteiger partial charge in [-0.25, -0.2) is 0 Å². The van der Waals surface area contributed by atoms with E-state index in [-0.39, 0.29) is 17.5 Å². The third-order valence-electron chi connectivity index (χ3n) is 3.83. The summed E-state index contributed by atoms with van der Waals surface area (Å²) in [5.74, 6) is -0.633. The summed E-state index contributed by atoms with van der Waals surface area (Å²) in [6.45, 7) is 1.69.